The Morgan fingerprint density at radius 2 is 1.88 bits per heavy atom. The SMILES string of the molecule is CCOc1cc(NC(=O)c2ccc(N3C[C@@H](C)N[C@@H](C)C3)c3nccnc23)cn2cc(C)nc12. The number of pyridine rings is 1. The molecular weight excluding hydrogens is 430 g/mol. The first-order chi connectivity index (χ1) is 16.4. The van der Waals surface area contributed by atoms with Crippen molar-refractivity contribution in [1.82, 2.24) is 24.7 Å². The number of aromatic nitrogens is 4. The number of anilines is 2. The fourth-order valence-corrected chi connectivity index (χ4v) is 4.72. The summed E-state index contributed by atoms with van der Waals surface area (Å²) < 4.78 is 7.63. The summed E-state index contributed by atoms with van der Waals surface area (Å²) in [5.74, 6) is 0.369. The van der Waals surface area contributed by atoms with Gasteiger partial charge in [0, 0.05) is 56.0 Å². The van der Waals surface area contributed by atoms with Crippen LogP contribution in [-0.2, 0) is 0 Å². The Balaban J connectivity index is 1.50. The van der Waals surface area contributed by atoms with Crippen LogP contribution < -0.4 is 20.3 Å². The molecule has 1 fully saturated rings. The summed E-state index contributed by atoms with van der Waals surface area (Å²) in [5, 5.41) is 6.56. The maximum atomic E-state index is 13.4. The van der Waals surface area contributed by atoms with E-state index >= 15 is 0 Å². The van der Waals surface area contributed by atoms with Gasteiger partial charge in [-0.05, 0) is 39.8 Å². The van der Waals surface area contributed by atoms with Gasteiger partial charge in [0.1, 0.15) is 11.0 Å². The predicted molar refractivity (Wildman–Crippen MR) is 133 cm³/mol. The van der Waals surface area contributed by atoms with Crippen LogP contribution in [0.4, 0.5) is 11.4 Å². The predicted octanol–water partition coefficient (Wildman–Crippen LogP) is 3.42. The number of nitrogens with one attached hydrogen (secondary N) is 2. The number of ether oxygens (including phenoxy) is 1. The van der Waals surface area contributed by atoms with Gasteiger partial charge in [-0.15, -0.1) is 0 Å². The van der Waals surface area contributed by atoms with E-state index in [0.717, 1.165) is 35.6 Å². The lowest BCUT2D eigenvalue weighted by molar-refractivity contribution is 0.102. The van der Waals surface area contributed by atoms with E-state index in [1.54, 1.807) is 18.5 Å². The minimum atomic E-state index is -0.252. The van der Waals surface area contributed by atoms with E-state index < -0.39 is 0 Å². The molecule has 0 unspecified atom stereocenters. The van der Waals surface area contributed by atoms with Crippen LogP contribution in [-0.4, -0.2) is 57.0 Å². The first kappa shape index (κ1) is 22.1. The number of amides is 1. The Bertz CT molecular complexity index is 1360. The van der Waals surface area contributed by atoms with Crippen LogP contribution in [0.3, 0.4) is 0 Å². The molecule has 2 N–H and O–H groups in total. The summed E-state index contributed by atoms with van der Waals surface area (Å²) >= 11 is 0. The summed E-state index contributed by atoms with van der Waals surface area (Å²) in [4.78, 5) is 29.3. The number of carbonyl (C=O) groups is 1. The second-order valence-corrected chi connectivity index (χ2v) is 8.85. The molecule has 1 aliphatic heterocycles. The largest absolute Gasteiger partial charge is 0.490 e. The summed E-state index contributed by atoms with van der Waals surface area (Å²) in [6, 6.07) is 6.33. The average Bonchev–Trinajstić information content (AvgIpc) is 3.18. The first-order valence-electron chi connectivity index (χ1n) is 11.6. The Morgan fingerprint density at radius 3 is 2.62 bits per heavy atom. The monoisotopic (exact) mass is 459 g/mol. The van der Waals surface area contributed by atoms with Gasteiger partial charge in [-0.3, -0.25) is 14.8 Å². The second kappa shape index (κ2) is 8.90. The molecule has 0 aliphatic carbocycles. The zero-order chi connectivity index (χ0) is 23.8. The molecule has 2 atom stereocenters. The molecule has 9 nitrogen and oxygen atoms in total. The minimum Gasteiger partial charge on any atom is -0.490 e. The molecule has 1 aromatic carbocycles. The van der Waals surface area contributed by atoms with Crippen molar-refractivity contribution >= 4 is 34.0 Å². The molecule has 4 aromatic rings. The molecule has 0 bridgehead atoms. The number of hydrogen-bond donors (Lipinski definition) is 2. The Morgan fingerprint density at radius 1 is 1.15 bits per heavy atom. The molecule has 0 saturated carbocycles. The number of imidazole rings is 1. The van der Waals surface area contributed by atoms with Crippen molar-refractivity contribution in [2.24, 2.45) is 0 Å². The molecule has 1 amide bonds. The van der Waals surface area contributed by atoms with E-state index in [1.807, 2.05) is 42.8 Å². The molecule has 1 aliphatic rings. The summed E-state index contributed by atoms with van der Waals surface area (Å²) in [5.41, 5.74) is 4.99. The fraction of sp³-hybridized carbons (Fsp3) is 0.360. The second-order valence-electron chi connectivity index (χ2n) is 8.85. The van der Waals surface area contributed by atoms with Gasteiger partial charge < -0.3 is 24.7 Å². The fourth-order valence-electron chi connectivity index (χ4n) is 4.72. The smallest absolute Gasteiger partial charge is 0.257 e. The molecule has 4 heterocycles. The van der Waals surface area contributed by atoms with Crippen LogP contribution in [0.1, 0.15) is 36.8 Å². The number of piperazine rings is 1. The molecule has 1 saturated heterocycles. The molecular formula is C25H29N7O2. The quantitative estimate of drug-likeness (QED) is 0.472. The third-order valence-corrected chi connectivity index (χ3v) is 5.94. The van der Waals surface area contributed by atoms with E-state index in [9.17, 15) is 4.79 Å². The van der Waals surface area contributed by atoms with Crippen LogP contribution in [0, 0.1) is 6.92 Å². The van der Waals surface area contributed by atoms with Crippen molar-refractivity contribution in [3.8, 4) is 5.75 Å². The lowest BCUT2D eigenvalue weighted by Gasteiger charge is -2.38. The summed E-state index contributed by atoms with van der Waals surface area (Å²) in [6.45, 7) is 10.4. The summed E-state index contributed by atoms with van der Waals surface area (Å²) in [6.07, 6.45) is 7.03. The molecule has 0 spiro atoms. The highest BCUT2D eigenvalue weighted by Crippen LogP contribution is 2.29. The van der Waals surface area contributed by atoms with Gasteiger partial charge in [0.25, 0.3) is 5.91 Å². The standard InChI is InChI=1S/C25H29N7O2/c1-5-34-21-10-18(14-32-13-17(4)29-24(21)32)30-25(33)19-6-7-20(23-22(19)26-8-9-27-23)31-11-15(2)28-16(3)12-31/h6-10,13-16,28H,5,11-12H2,1-4H3,(H,30,33)/t15-,16+. The maximum Gasteiger partial charge on any atom is 0.257 e. The topological polar surface area (TPSA) is 96.7 Å². The van der Waals surface area contributed by atoms with Gasteiger partial charge in [-0.1, -0.05) is 0 Å². The summed E-state index contributed by atoms with van der Waals surface area (Å²) in [7, 11) is 0. The number of carbonyl (C=O) groups excluding carboxylic acids is 1. The molecule has 5 rings (SSSR count). The minimum absolute atomic E-state index is 0.252. The molecule has 0 radical (unpaired) electrons. The number of fused-ring (bicyclic) bond motifs is 2. The average molecular weight is 460 g/mol. The number of nitrogens with zero attached hydrogens (tertiary/aromatic N) is 5. The zero-order valence-corrected chi connectivity index (χ0v) is 19.9. The van der Waals surface area contributed by atoms with Gasteiger partial charge in [-0.2, -0.15) is 0 Å². The van der Waals surface area contributed by atoms with E-state index in [4.69, 9.17) is 4.74 Å². The highest BCUT2D eigenvalue weighted by atomic mass is 16.5. The Labute approximate surface area is 198 Å². The lowest BCUT2D eigenvalue weighted by Crippen LogP contribution is -2.54. The van der Waals surface area contributed by atoms with Crippen LogP contribution >= 0.6 is 0 Å². The van der Waals surface area contributed by atoms with Crippen molar-refractivity contribution in [3.63, 3.8) is 0 Å². The number of hydrogen-bond acceptors (Lipinski definition) is 7. The van der Waals surface area contributed by atoms with E-state index in [-0.39, 0.29) is 5.91 Å². The van der Waals surface area contributed by atoms with Crippen molar-refractivity contribution in [2.45, 2.75) is 39.8 Å². The first-order valence-corrected chi connectivity index (χ1v) is 11.6. The van der Waals surface area contributed by atoms with Crippen molar-refractivity contribution < 1.29 is 9.53 Å². The molecule has 34 heavy (non-hydrogen) atoms. The molecule has 176 valence electrons. The van der Waals surface area contributed by atoms with Crippen LogP contribution in [0.25, 0.3) is 16.7 Å². The van der Waals surface area contributed by atoms with E-state index in [2.05, 4.69) is 44.3 Å². The van der Waals surface area contributed by atoms with Crippen molar-refractivity contribution in [1.29, 1.82) is 0 Å². The van der Waals surface area contributed by atoms with Crippen LogP contribution in [0.15, 0.2) is 43.0 Å². The van der Waals surface area contributed by atoms with Gasteiger partial charge in [-0.25, -0.2) is 4.98 Å². The number of rotatable bonds is 5. The van der Waals surface area contributed by atoms with E-state index in [1.165, 1.54) is 0 Å². The van der Waals surface area contributed by atoms with Crippen molar-refractivity contribution in [2.75, 3.05) is 29.9 Å². The van der Waals surface area contributed by atoms with Crippen LogP contribution in [0.5, 0.6) is 5.75 Å². The van der Waals surface area contributed by atoms with Crippen molar-refractivity contribution in [3.05, 3.63) is 54.2 Å². The van der Waals surface area contributed by atoms with Gasteiger partial charge in [0.2, 0.25) is 0 Å². The maximum absolute atomic E-state index is 13.4. The van der Waals surface area contributed by atoms with E-state index in [0.29, 0.717) is 41.2 Å². The van der Waals surface area contributed by atoms with Gasteiger partial charge in [0.05, 0.1) is 29.2 Å². The van der Waals surface area contributed by atoms with Gasteiger partial charge in [0.15, 0.2) is 11.4 Å². The highest BCUT2D eigenvalue weighted by Gasteiger charge is 2.24. The third-order valence-electron chi connectivity index (χ3n) is 5.94. The molecule has 3 aromatic heterocycles. The lowest BCUT2D eigenvalue weighted by atomic mass is 10.1. The normalized spacial score (nSPS) is 18.4. The highest BCUT2D eigenvalue weighted by molar-refractivity contribution is 6.13. The third kappa shape index (κ3) is 4.14. The van der Waals surface area contributed by atoms with Crippen LogP contribution in [0.2, 0.25) is 0 Å². The zero-order valence-electron chi connectivity index (χ0n) is 19.9. The molecule has 9 heteroatoms. The Kier molecular flexibility index (Phi) is 5.79. The number of benzene rings is 1. The van der Waals surface area contributed by atoms with Gasteiger partial charge >= 0.3 is 0 Å². The Hall–Kier alpha value is -3.72. The number of aryl methyl sites for hydroxylation is 1.